The number of hydrogen-bond donors (Lipinski definition) is 3. The third-order valence-corrected chi connectivity index (χ3v) is 6.28. The van der Waals surface area contributed by atoms with Crippen LogP contribution in [0.3, 0.4) is 0 Å². The van der Waals surface area contributed by atoms with Crippen molar-refractivity contribution in [2.24, 2.45) is 4.99 Å². The topological polar surface area (TPSA) is 109 Å². The zero-order chi connectivity index (χ0) is 19.3. The van der Waals surface area contributed by atoms with Gasteiger partial charge in [-0.05, 0) is 24.5 Å². The van der Waals surface area contributed by atoms with Gasteiger partial charge in [-0.3, -0.25) is 4.99 Å². The molecule has 0 radical (unpaired) electrons. The van der Waals surface area contributed by atoms with E-state index in [4.69, 9.17) is 9.84 Å². The van der Waals surface area contributed by atoms with Crippen molar-refractivity contribution in [3.63, 3.8) is 0 Å². The first kappa shape index (κ1) is 16.9. The summed E-state index contributed by atoms with van der Waals surface area (Å²) < 4.78 is 5.50. The van der Waals surface area contributed by atoms with Crippen LogP contribution >= 0.6 is 11.3 Å². The first-order valence-corrected chi connectivity index (χ1v) is 9.72. The van der Waals surface area contributed by atoms with Gasteiger partial charge < -0.3 is 20.5 Å². The molecule has 2 aliphatic rings. The largest absolute Gasteiger partial charge is 0.494 e. The minimum absolute atomic E-state index is 0.0604. The number of aryl methyl sites for hydroxylation is 1. The number of anilines is 2. The van der Waals surface area contributed by atoms with E-state index in [2.05, 4.69) is 25.6 Å². The third kappa shape index (κ3) is 2.75. The molecular weight excluding hydrogens is 378 g/mol. The van der Waals surface area contributed by atoms with Gasteiger partial charge in [-0.25, -0.2) is 14.8 Å². The number of benzene rings is 1. The van der Waals surface area contributed by atoms with E-state index in [9.17, 15) is 4.79 Å². The Morgan fingerprint density at radius 3 is 3.00 bits per heavy atom. The van der Waals surface area contributed by atoms with E-state index in [0.717, 1.165) is 45.1 Å². The Kier molecular flexibility index (Phi) is 3.90. The lowest BCUT2D eigenvalue weighted by Gasteiger charge is -2.22. The fourth-order valence-electron chi connectivity index (χ4n) is 3.77. The minimum atomic E-state index is -0.979. The van der Waals surface area contributed by atoms with Crippen LogP contribution in [0.4, 0.5) is 16.3 Å². The quantitative estimate of drug-likeness (QED) is 0.623. The number of ether oxygens (including phenoxy) is 1. The van der Waals surface area contributed by atoms with Crippen LogP contribution < -0.4 is 25.9 Å². The van der Waals surface area contributed by atoms with Gasteiger partial charge in [-0.2, -0.15) is 0 Å². The molecule has 1 amide bonds. The Labute approximate surface area is 163 Å². The van der Waals surface area contributed by atoms with Crippen molar-refractivity contribution in [3.8, 4) is 5.75 Å². The molecule has 28 heavy (non-hydrogen) atoms. The van der Waals surface area contributed by atoms with Crippen LogP contribution in [0.15, 0.2) is 23.5 Å². The van der Waals surface area contributed by atoms with E-state index in [1.165, 1.54) is 10.4 Å². The molecule has 5 rings (SSSR count). The highest BCUT2D eigenvalue weighted by Crippen LogP contribution is 2.39. The van der Waals surface area contributed by atoms with Crippen molar-refractivity contribution in [2.45, 2.75) is 25.3 Å². The average Bonchev–Trinajstić information content (AvgIpc) is 3.02. The van der Waals surface area contributed by atoms with Gasteiger partial charge in [-0.15, -0.1) is 11.3 Å². The fraction of sp³-hybridized carbons (Fsp3) is 0.263. The van der Waals surface area contributed by atoms with Crippen molar-refractivity contribution in [1.29, 1.82) is 0 Å². The molecule has 8 nitrogen and oxygen atoms in total. The molecule has 0 spiro atoms. The predicted octanol–water partition coefficient (Wildman–Crippen LogP) is 1.94. The molecule has 3 aromatic rings. The van der Waals surface area contributed by atoms with Gasteiger partial charge in [0.05, 0.1) is 23.5 Å². The van der Waals surface area contributed by atoms with Gasteiger partial charge in [0.25, 0.3) is 0 Å². The highest BCUT2D eigenvalue weighted by Gasteiger charge is 2.26. The highest BCUT2D eigenvalue weighted by molar-refractivity contribution is 7.19. The summed E-state index contributed by atoms with van der Waals surface area (Å²) in [5.74, 6) is 1.44. The van der Waals surface area contributed by atoms with Gasteiger partial charge in [0.2, 0.25) is 0 Å². The number of aromatic nitrogens is 2. The second-order valence-electron chi connectivity index (χ2n) is 6.79. The molecule has 0 bridgehead atoms. The number of thiophene rings is 1. The van der Waals surface area contributed by atoms with Crippen LogP contribution in [-0.4, -0.2) is 34.3 Å². The number of nitrogens with one attached hydrogen (secondary N) is 2. The SMILES string of the molecule is COc1cc2c(cc1Nc1ncnc3sc4c(c13)CCC(NC(=O)O)C4)=CN=2. The number of hydrogen-bond acceptors (Lipinski definition) is 7. The third-order valence-electron chi connectivity index (χ3n) is 5.12. The normalized spacial score (nSPS) is 16.8. The highest BCUT2D eigenvalue weighted by atomic mass is 32.1. The maximum atomic E-state index is 11.0. The van der Waals surface area contributed by atoms with Crippen LogP contribution in [0.1, 0.15) is 16.9 Å². The molecule has 0 fully saturated rings. The van der Waals surface area contributed by atoms with Crippen molar-refractivity contribution < 1.29 is 14.6 Å². The number of carboxylic acid groups (broad SMARTS) is 1. The van der Waals surface area contributed by atoms with E-state index in [0.29, 0.717) is 12.2 Å². The number of amides is 1. The summed E-state index contributed by atoms with van der Waals surface area (Å²) in [6.07, 6.45) is 4.62. The Hall–Kier alpha value is -3.20. The summed E-state index contributed by atoms with van der Waals surface area (Å²) >= 11 is 1.61. The molecule has 1 aromatic carbocycles. The Morgan fingerprint density at radius 2 is 2.25 bits per heavy atom. The lowest BCUT2D eigenvalue weighted by Crippen LogP contribution is -2.37. The van der Waals surface area contributed by atoms with Crippen LogP contribution in [0.25, 0.3) is 16.4 Å². The molecule has 1 aliphatic carbocycles. The summed E-state index contributed by atoms with van der Waals surface area (Å²) in [4.78, 5) is 26.2. The van der Waals surface area contributed by atoms with Crippen LogP contribution in [0.5, 0.6) is 5.75 Å². The van der Waals surface area contributed by atoms with Crippen molar-refractivity contribution in [1.82, 2.24) is 15.3 Å². The second-order valence-corrected chi connectivity index (χ2v) is 7.87. The van der Waals surface area contributed by atoms with E-state index < -0.39 is 6.09 Å². The van der Waals surface area contributed by atoms with E-state index in [-0.39, 0.29) is 6.04 Å². The monoisotopic (exact) mass is 395 g/mol. The van der Waals surface area contributed by atoms with E-state index in [1.807, 2.05) is 18.3 Å². The summed E-state index contributed by atoms with van der Waals surface area (Å²) in [6, 6.07) is 3.84. The molecule has 9 heteroatoms. The minimum Gasteiger partial charge on any atom is -0.494 e. The van der Waals surface area contributed by atoms with Gasteiger partial charge >= 0.3 is 6.09 Å². The van der Waals surface area contributed by atoms with Gasteiger partial charge in [0, 0.05) is 34.8 Å². The molecule has 3 N–H and O–H groups in total. The average molecular weight is 395 g/mol. The molecular formula is C19H17N5O3S. The van der Waals surface area contributed by atoms with Crippen molar-refractivity contribution in [3.05, 3.63) is 39.5 Å². The molecule has 142 valence electrons. The molecule has 0 saturated heterocycles. The zero-order valence-electron chi connectivity index (χ0n) is 15.0. The predicted molar refractivity (Wildman–Crippen MR) is 106 cm³/mol. The van der Waals surface area contributed by atoms with Crippen LogP contribution in [0, 0.1) is 0 Å². The number of rotatable bonds is 4. The molecule has 3 heterocycles. The van der Waals surface area contributed by atoms with E-state index >= 15 is 0 Å². The number of nitrogens with zero attached hydrogens (tertiary/aromatic N) is 3. The standard InChI is InChI=1S/C19H17N5O3S/c1-27-14-6-12-9(7-20-12)4-13(14)24-17-16-11-3-2-10(23-19(25)26)5-15(11)28-18(16)22-8-21-17/h4,6-8,10,23H,2-3,5H2,1H3,(H,25,26)(H,21,22,24). The number of carbonyl (C=O) groups is 1. The maximum Gasteiger partial charge on any atom is 0.404 e. The summed E-state index contributed by atoms with van der Waals surface area (Å²) in [5, 5.41) is 18.0. The summed E-state index contributed by atoms with van der Waals surface area (Å²) in [5.41, 5.74) is 2.03. The zero-order valence-corrected chi connectivity index (χ0v) is 15.8. The maximum absolute atomic E-state index is 11.0. The van der Waals surface area contributed by atoms with Gasteiger partial charge in [-0.1, -0.05) is 0 Å². The molecule has 1 aliphatic heterocycles. The summed E-state index contributed by atoms with van der Waals surface area (Å²) in [6.45, 7) is 0. The summed E-state index contributed by atoms with van der Waals surface area (Å²) in [7, 11) is 1.63. The smallest absolute Gasteiger partial charge is 0.404 e. The lowest BCUT2D eigenvalue weighted by atomic mass is 9.93. The van der Waals surface area contributed by atoms with Crippen molar-refractivity contribution >= 4 is 45.4 Å². The number of methoxy groups -OCH3 is 1. The molecule has 1 unspecified atom stereocenters. The van der Waals surface area contributed by atoms with Crippen LogP contribution in [-0.2, 0) is 12.8 Å². The fourth-order valence-corrected chi connectivity index (χ4v) is 5.04. The first-order valence-electron chi connectivity index (χ1n) is 8.90. The Balaban J connectivity index is 1.55. The second kappa shape index (κ2) is 6.45. The first-order chi connectivity index (χ1) is 13.6. The molecule has 0 saturated carbocycles. The molecule has 2 aromatic heterocycles. The Bertz CT molecular complexity index is 1240. The Morgan fingerprint density at radius 1 is 1.36 bits per heavy atom. The lowest BCUT2D eigenvalue weighted by molar-refractivity contribution is 0.188. The molecule has 1 atom stereocenters. The van der Waals surface area contributed by atoms with Gasteiger partial charge in [0.1, 0.15) is 22.7 Å². The van der Waals surface area contributed by atoms with E-state index in [1.54, 1.807) is 24.8 Å². The van der Waals surface area contributed by atoms with Gasteiger partial charge in [0.15, 0.2) is 0 Å². The van der Waals surface area contributed by atoms with Crippen LogP contribution in [0.2, 0.25) is 0 Å². The number of fused-ring (bicyclic) bond motifs is 4. The van der Waals surface area contributed by atoms with Crippen molar-refractivity contribution in [2.75, 3.05) is 12.4 Å².